The van der Waals surface area contributed by atoms with Crippen LogP contribution in [0.3, 0.4) is 0 Å². The number of aromatic amines is 1. The zero-order valence-electron chi connectivity index (χ0n) is 11.2. The minimum absolute atomic E-state index is 0.577. The summed E-state index contributed by atoms with van der Waals surface area (Å²) in [5, 5.41) is 14.8. The average Bonchev–Trinajstić information content (AvgIpc) is 2.87. The predicted molar refractivity (Wildman–Crippen MR) is 75.5 cm³/mol. The van der Waals surface area contributed by atoms with E-state index >= 15 is 0 Å². The first-order chi connectivity index (χ1) is 8.68. The second kappa shape index (κ2) is 5.55. The van der Waals surface area contributed by atoms with Gasteiger partial charge in [-0.25, -0.2) is 0 Å². The van der Waals surface area contributed by atoms with Crippen LogP contribution in [0.15, 0.2) is 30.5 Å². The normalized spacial score (nSPS) is 12.2. The van der Waals surface area contributed by atoms with Crippen molar-refractivity contribution < 1.29 is 5.11 Å². The van der Waals surface area contributed by atoms with Gasteiger partial charge in [-0.1, -0.05) is 26.0 Å². The van der Waals surface area contributed by atoms with Crippen molar-refractivity contribution in [1.29, 1.82) is 0 Å². The van der Waals surface area contributed by atoms with E-state index in [1.54, 1.807) is 0 Å². The molecule has 18 heavy (non-hydrogen) atoms. The Morgan fingerprint density at radius 3 is 2.72 bits per heavy atom. The summed E-state index contributed by atoms with van der Waals surface area (Å²) in [7, 11) is 0. The molecule has 0 fully saturated rings. The summed E-state index contributed by atoms with van der Waals surface area (Å²) in [4.78, 5) is 3.21. The molecule has 3 N–H and O–H groups in total. The molecule has 0 bridgehead atoms. The minimum Gasteiger partial charge on any atom is -0.389 e. The van der Waals surface area contributed by atoms with Gasteiger partial charge in [-0.3, -0.25) is 0 Å². The minimum atomic E-state index is -0.577. The van der Waals surface area contributed by atoms with Gasteiger partial charge in [0.2, 0.25) is 0 Å². The summed E-state index contributed by atoms with van der Waals surface area (Å²) >= 11 is 0. The predicted octanol–water partition coefficient (Wildman–Crippen LogP) is 2.81. The van der Waals surface area contributed by atoms with Gasteiger partial charge in [0.25, 0.3) is 0 Å². The summed E-state index contributed by atoms with van der Waals surface area (Å²) in [5.41, 5.74) is 1.85. The van der Waals surface area contributed by atoms with Crippen LogP contribution in [0, 0.1) is 0 Å². The molecule has 0 aliphatic heterocycles. The third-order valence-electron chi connectivity index (χ3n) is 3.77. The Balaban J connectivity index is 2.00. The smallest absolute Gasteiger partial charge is 0.0766 e. The molecule has 0 amide bonds. The summed E-state index contributed by atoms with van der Waals surface area (Å²) in [6.07, 6.45) is 3.53. The van der Waals surface area contributed by atoms with Crippen molar-refractivity contribution in [3.8, 4) is 0 Å². The molecule has 98 valence electrons. The van der Waals surface area contributed by atoms with Crippen molar-refractivity contribution in [3.05, 3.63) is 36.0 Å². The molecule has 1 heterocycles. The number of hydrogen-bond acceptors (Lipinski definition) is 2. The highest BCUT2D eigenvalue weighted by molar-refractivity contribution is 5.82. The molecule has 0 unspecified atom stereocenters. The summed E-state index contributed by atoms with van der Waals surface area (Å²) in [6.45, 7) is 5.48. The number of hydrogen-bond donors (Lipinski definition) is 3. The van der Waals surface area contributed by atoms with Crippen LogP contribution in [0.2, 0.25) is 0 Å². The Labute approximate surface area is 108 Å². The van der Waals surface area contributed by atoms with Gasteiger partial charge in [0.1, 0.15) is 0 Å². The largest absolute Gasteiger partial charge is 0.389 e. The van der Waals surface area contributed by atoms with Crippen LogP contribution in [-0.4, -0.2) is 22.2 Å². The second-order valence-electron chi connectivity index (χ2n) is 4.89. The van der Waals surface area contributed by atoms with E-state index in [1.807, 2.05) is 20.0 Å². The SMILES string of the molecule is CCC(O)(CC)CNCc1cccc2[nH]ccc12. The third kappa shape index (κ3) is 2.74. The van der Waals surface area contributed by atoms with Crippen molar-refractivity contribution in [1.82, 2.24) is 10.3 Å². The van der Waals surface area contributed by atoms with E-state index in [2.05, 4.69) is 34.6 Å². The van der Waals surface area contributed by atoms with E-state index in [0.717, 1.165) is 24.9 Å². The van der Waals surface area contributed by atoms with Crippen LogP contribution >= 0.6 is 0 Å². The second-order valence-corrected chi connectivity index (χ2v) is 4.89. The highest BCUT2D eigenvalue weighted by Gasteiger charge is 2.21. The van der Waals surface area contributed by atoms with Gasteiger partial charge in [-0.05, 0) is 30.5 Å². The Hall–Kier alpha value is -1.32. The molecule has 3 heteroatoms. The average molecular weight is 246 g/mol. The van der Waals surface area contributed by atoms with E-state index in [0.29, 0.717) is 6.54 Å². The first kappa shape index (κ1) is 13.1. The highest BCUT2D eigenvalue weighted by Crippen LogP contribution is 2.18. The monoisotopic (exact) mass is 246 g/mol. The molecule has 1 aromatic heterocycles. The third-order valence-corrected chi connectivity index (χ3v) is 3.77. The Morgan fingerprint density at radius 2 is 2.00 bits per heavy atom. The van der Waals surface area contributed by atoms with Crippen molar-refractivity contribution in [3.63, 3.8) is 0 Å². The van der Waals surface area contributed by atoms with Gasteiger partial charge in [0.05, 0.1) is 5.60 Å². The van der Waals surface area contributed by atoms with Crippen LogP contribution < -0.4 is 5.32 Å². The van der Waals surface area contributed by atoms with Gasteiger partial charge < -0.3 is 15.4 Å². The number of nitrogens with one attached hydrogen (secondary N) is 2. The quantitative estimate of drug-likeness (QED) is 0.734. The highest BCUT2D eigenvalue weighted by atomic mass is 16.3. The lowest BCUT2D eigenvalue weighted by molar-refractivity contribution is 0.0323. The van der Waals surface area contributed by atoms with E-state index < -0.39 is 5.60 Å². The number of fused-ring (bicyclic) bond motifs is 1. The number of aromatic nitrogens is 1. The number of aliphatic hydroxyl groups is 1. The lowest BCUT2D eigenvalue weighted by atomic mass is 9.97. The molecule has 0 aliphatic rings. The standard InChI is InChI=1S/C15H22N2O/c1-3-15(18,4-2)11-16-10-12-6-5-7-14-13(12)8-9-17-14/h5-9,16-18H,3-4,10-11H2,1-2H3. The van der Waals surface area contributed by atoms with Gasteiger partial charge in [0.15, 0.2) is 0 Å². The van der Waals surface area contributed by atoms with Crippen molar-refractivity contribution in [2.24, 2.45) is 0 Å². The first-order valence-electron chi connectivity index (χ1n) is 6.66. The fraction of sp³-hybridized carbons (Fsp3) is 0.467. The maximum atomic E-state index is 10.2. The van der Waals surface area contributed by atoms with Crippen LogP contribution in [-0.2, 0) is 6.54 Å². The van der Waals surface area contributed by atoms with Crippen LogP contribution in [0.1, 0.15) is 32.3 Å². The molecule has 1 aromatic carbocycles. The molecule has 2 aromatic rings. The summed E-state index contributed by atoms with van der Waals surface area (Å²) < 4.78 is 0. The molecule has 0 aliphatic carbocycles. The molecule has 0 atom stereocenters. The number of rotatable bonds is 6. The number of benzene rings is 1. The van der Waals surface area contributed by atoms with Crippen LogP contribution in [0.4, 0.5) is 0 Å². The Bertz CT molecular complexity index is 500. The molecule has 3 nitrogen and oxygen atoms in total. The van der Waals surface area contributed by atoms with E-state index in [1.165, 1.54) is 10.9 Å². The molecular formula is C15H22N2O. The maximum Gasteiger partial charge on any atom is 0.0766 e. The fourth-order valence-electron chi connectivity index (χ4n) is 2.23. The molecular weight excluding hydrogens is 224 g/mol. The molecule has 0 radical (unpaired) electrons. The maximum absolute atomic E-state index is 10.2. The zero-order chi connectivity index (χ0) is 13.0. The number of H-pyrrole nitrogens is 1. The van der Waals surface area contributed by atoms with Crippen LogP contribution in [0.25, 0.3) is 10.9 Å². The van der Waals surface area contributed by atoms with Gasteiger partial charge in [-0.2, -0.15) is 0 Å². The van der Waals surface area contributed by atoms with Gasteiger partial charge in [0, 0.05) is 30.2 Å². The Morgan fingerprint density at radius 1 is 1.22 bits per heavy atom. The van der Waals surface area contributed by atoms with Crippen molar-refractivity contribution >= 4 is 10.9 Å². The molecule has 0 saturated heterocycles. The molecule has 0 saturated carbocycles. The van der Waals surface area contributed by atoms with Crippen molar-refractivity contribution in [2.75, 3.05) is 6.54 Å². The van der Waals surface area contributed by atoms with Gasteiger partial charge >= 0.3 is 0 Å². The topological polar surface area (TPSA) is 48.0 Å². The lowest BCUT2D eigenvalue weighted by Gasteiger charge is -2.25. The summed E-state index contributed by atoms with van der Waals surface area (Å²) in [6, 6.07) is 8.35. The van der Waals surface area contributed by atoms with Crippen molar-refractivity contribution in [2.45, 2.75) is 38.8 Å². The summed E-state index contributed by atoms with van der Waals surface area (Å²) in [5.74, 6) is 0. The Kier molecular flexibility index (Phi) is 4.04. The fourth-order valence-corrected chi connectivity index (χ4v) is 2.23. The van der Waals surface area contributed by atoms with E-state index in [4.69, 9.17) is 0 Å². The molecule has 0 spiro atoms. The van der Waals surface area contributed by atoms with E-state index in [-0.39, 0.29) is 0 Å². The van der Waals surface area contributed by atoms with E-state index in [9.17, 15) is 5.11 Å². The van der Waals surface area contributed by atoms with Gasteiger partial charge in [-0.15, -0.1) is 0 Å². The zero-order valence-corrected chi connectivity index (χ0v) is 11.2. The lowest BCUT2D eigenvalue weighted by Crippen LogP contribution is -2.39. The van der Waals surface area contributed by atoms with Crippen LogP contribution in [0.5, 0.6) is 0 Å². The first-order valence-corrected chi connectivity index (χ1v) is 6.66. The molecule has 2 rings (SSSR count).